The maximum atomic E-state index is 3.53. The van der Waals surface area contributed by atoms with Gasteiger partial charge in [0.1, 0.15) is 0 Å². The van der Waals surface area contributed by atoms with Gasteiger partial charge in [0, 0.05) is 0 Å². The molecule has 1 atom stereocenters. The van der Waals surface area contributed by atoms with Crippen LogP contribution in [0.25, 0.3) is 0 Å². The average Bonchev–Trinajstić information content (AvgIpc) is 2.49. The second-order valence-corrected chi connectivity index (χ2v) is 5.09. The smallest absolute Gasteiger partial charge is 0.000835 e. The van der Waals surface area contributed by atoms with E-state index in [4.69, 9.17) is 0 Å². The highest BCUT2D eigenvalue weighted by atomic mass is 14.8. The average molecular weight is 253 g/mol. The standard InChI is InChI=1S/C18H23N/c1-16(18-10-6-3-7-11-18)12-14-19-15-13-17-8-4-2-5-9-17/h2-11,16,19H,12-15H2,1H3. The van der Waals surface area contributed by atoms with E-state index in [1.165, 1.54) is 17.5 Å². The maximum absolute atomic E-state index is 3.53. The lowest BCUT2D eigenvalue weighted by Crippen LogP contribution is -2.19. The molecule has 0 aliphatic rings. The highest BCUT2D eigenvalue weighted by molar-refractivity contribution is 5.18. The summed E-state index contributed by atoms with van der Waals surface area (Å²) in [7, 11) is 0. The molecule has 0 heterocycles. The van der Waals surface area contributed by atoms with E-state index < -0.39 is 0 Å². The van der Waals surface area contributed by atoms with Crippen molar-refractivity contribution in [2.24, 2.45) is 0 Å². The fourth-order valence-corrected chi connectivity index (χ4v) is 2.27. The Hall–Kier alpha value is -1.60. The second kappa shape index (κ2) is 7.75. The molecule has 0 amide bonds. The monoisotopic (exact) mass is 253 g/mol. The molecule has 19 heavy (non-hydrogen) atoms. The van der Waals surface area contributed by atoms with Crippen molar-refractivity contribution in [3.8, 4) is 0 Å². The van der Waals surface area contributed by atoms with Gasteiger partial charge in [0.25, 0.3) is 0 Å². The van der Waals surface area contributed by atoms with E-state index in [2.05, 4.69) is 72.9 Å². The van der Waals surface area contributed by atoms with Crippen molar-refractivity contribution < 1.29 is 0 Å². The SMILES string of the molecule is CC(CCNCCc1ccccc1)c1ccccc1. The van der Waals surface area contributed by atoms with E-state index >= 15 is 0 Å². The first-order chi connectivity index (χ1) is 9.36. The van der Waals surface area contributed by atoms with Gasteiger partial charge < -0.3 is 5.32 Å². The normalized spacial score (nSPS) is 12.3. The Morgan fingerprint density at radius 1 is 0.842 bits per heavy atom. The van der Waals surface area contributed by atoms with Crippen LogP contribution in [0.15, 0.2) is 60.7 Å². The molecule has 1 heteroatoms. The molecule has 0 aliphatic carbocycles. The lowest BCUT2D eigenvalue weighted by molar-refractivity contribution is 0.595. The maximum Gasteiger partial charge on any atom is -0.000835 e. The highest BCUT2D eigenvalue weighted by Crippen LogP contribution is 2.17. The van der Waals surface area contributed by atoms with Crippen LogP contribution >= 0.6 is 0 Å². The fraction of sp³-hybridized carbons (Fsp3) is 0.333. The quantitative estimate of drug-likeness (QED) is 0.735. The molecule has 1 N–H and O–H groups in total. The molecular formula is C18H23N. The van der Waals surface area contributed by atoms with Crippen LogP contribution in [0.2, 0.25) is 0 Å². The Balaban J connectivity index is 1.62. The van der Waals surface area contributed by atoms with Crippen molar-refractivity contribution in [2.75, 3.05) is 13.1 Å². The van der Waals surface area contributed by atoms with Gasteiger partial charge in [0.15, 0.2) is 0 Å². The molecule has 0 saturated heterocycles. The van der Waals surface area contributed by atoms with Crippen LogP contribution in [0, 0.1) is 0 Å². The third-order valence-corrected chi connectivity index (χ3v) is 3.56. The summed E-state index contributed by atoms with van der Waals surface area (Å²) in [6.45, 7) is 4.45. The molecule has 0 aromatic heterocycles. The van der Waals surface area contributed by atoms with E-state index in [0.717, 1.165) is 19.5 Å². The van der Waals surface area contributed by atoms with Crippen LogP contribution in [0.1, 0.15) is 30.4 Å². The van der Waals surface area contributed by atoms with Gasteiger partial charge >= 0.3 is 0 Å². The Morgan fingerprint density at radius 3 is 2.16 bits per heavy atom. The van der Waals surface area contributed by atoms with Crippen LogP contribution in [0.3, 0.4) is 0 Å². The van der Waals surface area contributed by atoms with Crippen molar-refractivity contribution in [1.29, 1.82) is 0 Å². The van der Waals surface area contributed by atoms with Crippen LogP contribution in [-0.2, 0) is 6.42 Å². The van der Waals surface area contributed by atoms with Crippen molar-refractivity contribution in [3.05, 3.63) is 71.8 Å². The van der Waals surface area contributed by atoms with Crippen LogP contribution in [0.4, 0.5) is 0 Å². The number of nitrogens with one attached hydrogen (secondary N) is 1. The molecule has 0 fully saturated rings. The van der Waals surface area contributed by atoms with Gasteiger partial charge in [-0.2, -0.15) is 0 Å². The van der Waals surface area contributed by atoms with Gasteiger partial charge in [-0.05, 0) is 43.0 Å². The first-order valence-electron chi connectivity index (χ1n) is 7.16. The first-order valence-corrected chi connectivity index (χ1v) is 7.16. The van der Waals surface area contributed by atoms with Crippen molar-refractivity contribution in [3.63, 3.8) is 0 Å². The zero-order valence-electron chi connectivity index (χ0n) is 11.7. The topological polar surface area (TPSA) is 12.0 Å². The van der Waals surface area contributed by atoms with E-state index in [9.17, 15) is 0 Å². The lowest BCUT2D eigenvalue weighted by Gasteiger charge is -2.12. The lowest BCUT2D eigenvalue weighted by atomic mass is 9.98. The number of rotatable bonds is 7. The van der Waals surface area contributed by atoms with Gasteiger partial charge in [-0.15, -0.1) is 0 Å². The Morgan fingerprint density at radius 2 is 1.47 bits per heavy atom. The van der Waals surface area contributed by atoms with E-state index in [0.29, 0.717) is 5.92 Å². The van der Waals surface area contributed by atoms with Crippen LogP contribution in [-0.4, -0.2) is 13.1 Å². The molecule has 0 aliphatic heterocycles. The minimum absolute atomic E-state index is 0.630. The van der Waals surface area contributed by atoms with Gasteiger partial charge in [-0.3, -0.25) is 0 Å². The fourth-order valence-electron chi connectivity index (χ4n) is 2.27. The van der Waals surface area contributed by atoms with Gasteiger partial charge in [0.2, 0.25) is 0 Å². The van der Waals surface area contributed by atoms with Crippen molar-refractivity contribution in [2.45, 2.75) is 25.7 Å². The first kappa shape index (κ1) is 13.8. The molecule has 0 saturated carbocycles. The molecule has 0 spiro atoms. The predicted octanol–water partition coefficient (Wildman–Crippen LogP) is 4.01. The summed E-state index contributed by atoms with van der Waals surface area (Å²) >= 11 is 0. The summed E-state index contributed by atoms with van der Waals surface area (Å²) in [6, 6.07) is 21.4. The highest BCUT2D eigenvalue weighted by Gasteiger charge is 2.03. The van der Waals surface area contributed by atoms with Gasteiger partial charge in [0.05, 0.1) is 0 Å². The second-order valence-electron chi connectivity index (χ2n) is 5.09. The van der Waals surface area contributed by atoms with Crippen LogP contribution in [0.5, 0.6) is 0 Å². The molecule has 0 bridgehead atoms. The third kappa shape index (κ3) is 4.88. The minimum atomic E-state index is 0.630. The minimum Gasteiger partial charge on any atom is -0.316 e. The summed E-state index contributed by atoms with van der Waals surface area (Å²) in [5.74, 6) is 0.630. The largest absolute Gasteiger partial charge is 0.316 e. The zero-order chi connectivity index (χ0) is 13.3. The van der Waals surface area contributed by atoms with Gasteiger partial charge in [-0.25, -0.2) is 0 Å². The molecule has 2 aromatic carbocycles. The Bertz CT molecular complexity index is 450. The van der Waals surface area contributed by atoms with E-state index in [1.54, 1.807) is 0 Å². The summed E-state index contributed by atoms with van der Waals surface area (Å²) in [4.78, 5) is 0. The molecule has 1 unspecified atom stereocenters. The van der Waals surface area contributed by atoms with Crippen molar-refractivity contribution >= 4 is 0 Å². The van der Waals surface area contributed by atoms with Crippen molar-refractivity contribution in [1.82, 2.24) is 5.32 Å². The summed E-state index contributed by atoms with van der Waals surface area (Å²) in [5, 5.41) is 3.53. The summed E-state index contributed by atoms with van der Waals surface area (Å²) in [5.41, 5.74) is 2.85. The third-order valence-electron chi connectivity index (χ3n) is 3.56. The number of hydrogen-bond acceptors (Lipinski definition) is 1. The molecule has 2 aromatic rings. The summed E-state index contributed by atoms with van der Waals surface area (Å²) in [6.07, 6.45) is 2.30. The zero-order valence-corrected chi connectivity index (χ0v) is 11.7. The molecule has 2 rings (SSSR count). The Labute approximate surface area is 116 Å². The van der Waals surface area contributed by atoms with E-state index in [1.807, 2.05) is 0 Å². The van der Waals surface area contributed by atoms with E-state index in [-0.39, 0.29) is 0 Å². The molecule has 1 nitrogen and oxygen atoms in total. The molecule has 100 valence electrons. The number of benzene rings is 2. The predicted molar refractivity (Wildman–Crippen MR) is 82.5 cm³/mol. The Kier molecular flexibility index (Phi) is 5.64. The summed E-state index contributed by atoms with van der Waals surface area (Å²) < 4.78 is 0. The number of hydrogen-bond donors (Lipinski definition) is 1. The molecular weight excluding hydrogens is 230 g/mol. The molecule has 0 radical (unpaired) electrons. The van der Waals surface area contributed by atoms with Crippen LogP contribution < -0.4 is 5.32 Å². The van der Waals surface area contributed by atoms with Gasteiger partial charge in [-0.1, -0.05) is 67.6 Å².